The van der Waals surface area contributed by atoms with E-state index in [9.17, 15) is 19.8 Å². The highest BCUT2D eigenvalue weighted by atomic mass is 16.5. The molecule has 2 unspecified atom stereocenters. The minimum Gasteiger partial charge on any atom is -0.466 e. The first-order chi connectivity index (χ1) is 30.0. The van der Waals surface area contributed by atoms with E-state index in [2.05, 4.69) is 19.2 Å². The molecule has 0 aromatic carbocycles. The van der Waals surface area contributed by atoms with Crippen LogP contribution < -0.4 is 5.32 Å². The van der Waals surface area contributed by atoms with Crippen molar-refractivity contribution in [3.63, 3.8) is 0 Å². The summed E-state index contributed by atoms with van der Waals surface area (Å²) in [6.45, 7) is 4.96. The van der Waals surface area contributed by atoms with E-state index in [1.165, 1.54) is 244 Å². The maximum Gasteiger partial charge on any atom is 0.305 e. The summed E-state index contributed by atoms with van der Waals surface area (Å²) in [5.74, 6) is -0.0255. The molecule has 61 heavy (non-hydrogen) atoms. The Kier molecular flexibility index (Phi) is 50.5. The monoisotopic (exact) mass is 864 g/mol. The van der Waals surface area contributed by atoms with Crippen LogP contribution in [0.5, 0.6) is 0 Å². The Bertz CT molecular complexity index is 867. The molecule has 0 saturated heterocycles. The molecule has 0 spiro atoms. The Labute approximate surface area is 381 Å². The molecule has 0 saturated carbocycles. The number of esters is 1. The molecular formula is C55H109NO5. The van der Waals surface area contributed by atoms with Crippen LogP contribution in [0.1, 0.15) is 316 Å². The van der Waals surface area contributed by atoms with Crippen LogP contribution in [0.25, 0.3) is 0 Å². The Morgan fingerprint density at radius 1 is 0.393 bits per heavy atom. The second kappa shape index (κ2) is 51.5. The lowest BCUT2D eigenvalue weighted by Crippen LogP contribution is -2.45. The first-order valence-corrected chi connectivity index (χ1v) is 27.8. The number of hydrogen-bond acceptors (Lipinski definition) is 5. The molecule has 3 N–H and O–H groups in total. The fourth-order valence-corrected chi connectivity index (χ4v) is 8.88. The van der Waals surface area contributed by atoms with E-state index < -0.39 is 12.1 Å². The lowest BCUT2D eigenvalue weighted by atomic mass is 10.0. The molecule has 364 valence electrons. The summed E-state index contributed by atoms with van der Waals surface area (Å²) in [6.07, 6.45) is 58.0. The van der Waals surface area contributed by atoms with E-state index in [0.29, 0.717) is 25.9 Å². The van der Waals surface area contributed by atoms with Crippen LogP contribution >= 0.6 is 0 Å². The number of nitrogens with one attached hydrogen (secondary N) is 1. The Hall–Kier alpha value is -1.14. The summed E-state index contributed by atoms with van der Waals surface area (Å²) in [5.41, 5.74) is 0. The minimum atomic E-state index is -0.663. The largest absolute Gasteiger partial charge is 0.466 e. The second-order valence-corrected chi connectivity index (χ2v) is 19.3. The van der Waals surface area contributed by atoms with E-state index in [-0.39, 0.29) is 18.5 Å². The van der Waals surface area contributed by atoms with Gasteiger partial charge in [0.15, 0.2) is 0 Å². The van der Waals surface area contributed by atoms with Crippen LogP contribution in [-0.2, 0) is 14.3 Å². The van der Waals surface area contributed by atoms with Gasteiger partial charge < -0.3 is 20.3 Å². The van der Waals surface area contributed by atoms with Gasteiger partial charge in [0.05, 0.1) is 25.4 Å². The third-order valence-corrected chi connectivity index (χ3v) is 13.2. The highest BCUT2D eigenvalue weighted by Gasteiger charge is 2.20. The number of carbonyl (C=O) groups excluding carboxylic acids is 2. The predicted octanol–water partition coefficient (Wildman–Crippen LogP) is 16.7. The summed E-state index contributed by atoms with van der Waals surface area (Å²) >= 11 is 0. The molecule has 6 heteroatoms. The van der Waals surface area contributed by atoms with Crippen molar-refractivity contribution in [2.24, 2.45) is 0 Å². The standard InChI is InChI=1S/C55H109NO5/c1-3-5-7-9-11-13-15-24-29-33-37-41-45-49-55(60)61-50-46-42-38-34-30-26-23-21-19-17-18-20-22-25-28-32-36-40-44-48-54(59)56-52(51-57)53(58)47-43-39-35-31-27-16-14-12-10-8-6-4-2/h52-53,57-58H,3-51H2,1-2H3,(H,56,59). The lowest BCUT2D eigenvalue weighted by Gasteiger charge is -2.22. The van der Waals surface area contributed by atoms with Crippen molar-refractivity contribution in [3.8, 4) is 0 Å². The Balaban J connectivity index is 3.37. The molecule has 0 aliphatic heterocycles. The zero-order chi connectivity index (χ0) is 44.4. The molecule has 1 amide bonds. The predicted molar refractivity (Wildman–Crippen MR) is 264 cm³/mol. The van der Waals surface area contributed by atoms with Crippen LogP contribution in [0.2, 0.25) is 0 Å². The van der Waals surface area contributed by atoms with Gasteiger partial charge in [-0.2, -0.15) is 0 Å². The lowest BCUT2D eigenvalue weighted by molar-refractivity contribution is -0.143. The fourth-order valence-electron chi connectivity index (χ4n) is 8.88. The molecule has 0 aromatic heterocycles. The number of unbranched alkanes of at least 4 members (excludes halogenated alkanes) is 41. The topological polar surface area (TPSA) is 95.9 Å². The number of aliphatic hydroxyl groups is 2. The van der Waals surface area contributed by atoms with Gasteiger partial charge in [0.2, 0.25) is 5.91 Å². The number of hydrogen-bond donors (Lipinski definition) is 3. The molecular weight excluding hydrogens is 755 g/mol. The van der Waals surface area contributed by atoms with Gasteiger partial charge in [-0.1, -0.05) is 277 Å². The minimum absolute atomic E-state index is 0.0112. The van der Waals surface area contributed by atoms with Crippen molar-refractivity contribution in [1.82, 2.24) is 5.32 Å². The summed E-state index contributed by atoms with van der Waals surface area (Å²) in [6, 6.07) is -0.541. The summed E-state index contributed by atoms with van der Waals surface area (Å²) in [7, 11) is 0. The van der Waals surface area contributed by atoms with Crippen LogP contribution in [0.15, 0.2) is 0 Å². The smallest absolute Gasteiger partial charge is 0.305 e. The quantitative estimate of drug-likeness (QED) is 0.0418. The first-order valence-electron chi connectivity index (χ1n) is 27.8. The zero-order valence-corrected chi connectivity index (χ0v) is 41.4. The van der Waals surface area contributed by atoms with Gasteiger partial charge in [-0.05, 0) is 25.7 Å². The molecule has 0 aromatic rings. The Morgan fingerprint density at radius 3 is 1.00 bits per heavy atom. The van der Waals surface area contributed by atoms with Crippen molar-refractivity contribution in [3.05, 3.63) is 0 Å². The van der Waals surface area contributed by atoms with Gasteiger partial charge in [0.25, 0.3) is 0 Å². The average molecular weight is 864 g/mol. The molecule has 6 nitrogen and oxygen atoms in total. The van der Waals surface area contributed by atoms with Gasteiger partial charge >= 0.3 is 5.97 Å². The second-order valence-electron chi connectivity index (χ2n) is 19.3. The summed E-state index contributed by atoms with van der Waals surface area (Å²) in [5, 5.41) is 23.2. The van der Waals surface area contributed by atoms with E-state index in [0.717, 1.165) is 38.5 Å². The van der Waals surface area contributed by atoms with Gasteiger partial charge in [-0.25, -0.2) is 0 Å². The van der Waals surface area contributed by atoms with Crippen molar-refractivity contribution in [2.45, 2.75) is 328 Å². The molecule has 0 aliphatic carbocycles. The van der Waals surface area contributed by atoms with Crippen molar-refractivity contribution < 1.29 is 24.5 Å². The number of amides is 1. The van der Waals surface area contributed by atoms with Gasteiger partial charge in [-0.3, -0.25) is 9.59 Å². The van der Waals surface area contributed by atoms with E-state index in [4.69, 9.17) is 4.74 Å². The number of carbonyl (C=O) groups is 2. The molecule has 0 rings (SSSR count). The average Bonchev–Trinajstić information content (AvgIpc) is 3.26. The number of ether oxygens (including phenoxy) is 1. The highest BCUT2D eigenvalue weighted by Crippen LogP contribution is 2.18. The van der Waals surface area contributed by atoms with E-state index in [1.54, 1.807) is 0 Å². The van der Waals surface area contributed by atoms with Crippen molar-refractivity contribution >= 4 is 11.9 Å². The van der Waals surface area contributed by atoms with Crippen molar-refractivity contribution in [2.75, 3.05) is 13.2 Å². The normalized spacial score (nSPS) is 12.5. The van der Waals surface area contributed by atoms with Crippen LogP contribution in [0.3, 0.4) is 0 Å². The highest BCUT2D eigenvalue weighted by molar-refractivity contribution is 5.76. The molecule has 0 radical (unpaired) electrons. The molecule has 0 heterocycles. The van der Waals surface area contributed by atoms with Gasteiger partial charge in [-0.15, -0.1) is 0 Å². The summed E-state index contributed by atoms with van der Waals surface area (Å²) in [4.78, 5) is 24.5. The van der Waals surface area contributed by atoms with Crippen LogP contribution in [-0.4, -0.2) is 47.4 Å². The third-order valence-electron chi connectivity index (χ3n) is 13.2. The number of rotatable bonds is 52. The third kappa shape index (κ3) is 48.2. The summed E-state index contributed by atoms with van der Waals surface area (Å²) < 4.78 is 5.47. The van der Waals surface area contributed by atoms with E-state index in [1.807, 2.05) is 0 Å². The van der Waals surface area contributed by atoms with Gasteiger partial charge in [0.1, 0.15) is 0 Å². The zero-order valence-electron chi connectivity index (χ0n) is 41.4. The fraction of sp³-hybridized carbons (Fsp3) is 0.964. The SMILES string of the molecule is CCCCCCCCCCCCCCCC(=O)OCCCCCCCCCCCCCCCCCCCCCC(=O)NC(CO)C(O)CCCCCCCCCCCCCC. The molecule has 0 aliphatic rings. The maximum atomic E-state index is 12.4. The first kappa shape index (κ1) is 59.9. The van der Waals surface area contributed by atoms with E-state index >= 15 is 0 Å². The molecule has 2 atom stereocenters. The van der Waals surface area contributed by atoms with Crippen molar-refractivity contribution in [1.29, 1.82) is 0 Å². The molecule has 0 bridgehead atoms. The maximum absolute atomic E-state index is 12.4. The van der Waals surface area contributed by atoms with Crippen LogP contribution in [0, 0.1) is 0 Å². The molecule has 0 fully saturated rings. The number of aliphatic hydroxyl groups excluding tert-OH is 2. The van der Waals surface area contributed by atoms with Crippen LogP contribution in [0.4, 0.5) is 0 Å². The Morgan fingerprint density at radius 2 is 0.672 bits per heavy atom. The van der Waals surface area contributed by atoms with Gasteiger partial charge in [0, 0.05) is 12.8 Å².